The van der Waals surface area contributed by atoms with Gasteiger partial charge in [-0.3, -0.25) is 4.79 Å². The van der Waals surface area contributed by atoms with Crippen molar-refractivity contribution < 1.29 is 4.79 Å². The smallest absolute Gasteiger partial charge is 0.265 e. The van der Waals surface area contributed by atoms with E-state index in [1.807, 2.05) is 54.2 Å². The van der Waals surface area contributed by atoms with Crippen molar-refractivity contribution in [2.45, 2.75) is 19.3 Å². The predicted octanol–water partition coefficient (Wildman–Crippen LogP) is 2.81. The van der Waals surface area contributed by atoms with Crippen LogP contribution in [0, 0.1) is 0 Å². The van der Waals surface area contributed by atoms with Gasteiger partial charge in [0.05, 0.1) is 11.4 Å². The van der Waals surface area contributed by atoms with E-state index in [1.165, 1.54) is 0 Å². The van der Waals surface area contributed by atoms with Gasteiger partial charge in [-0.1, -0.05) is 18.2 Å². The van der Waals surface area contributed by atoms with E-state index in [2.05, 4.69) is 10.3 Å². The highest BCUT2D eigenvalue weighted by atomic mass is 16.1. The van der Waals surface area contributed by atoms with Crippen LogP contribution in [0.4, 0.5) is 11.6 Å². The van der Waals surface area contributed by atoms with Crippen molar-refractivity contribution in [1.82, 2.24) is 14.5 Å². The van der Waals surface area contributed by atoms with E-state index in [-0.39, 0.29) is 0 Å². The number of nitrogens with two attached hydrogens (primary N) is 1. The highest BCUT2D eigenvalue weighted by Gasteiger charge is 2.23. The Balaban J connectivity index is 1.82. The first-order chi connectivity index (χ1) is 12.1. The number of benzene rings is 1. The van der Waals surface area contributed by atoms with Gasteiger partial charge in [-0.2, -0.15) is 0 Å². The minimum atomic E-state index is -0.422. The van der Waals surface area contributed by atoms with Crippen molar-refractivity contribution in [1.29, 1.82) is 0 Å². The molecule has 0 unspecified atom stereocenters. The lowest BCUT2D eigenvalue weighted by Crippen LogP contribution is -2.15. The van der Waals surface area contributed by atoms with Gasteiger partial charge in [0.2, 0.25) is 5.95 Å². The Labute approximate surface area is 145 Å². The fourth-order valence-electron chi connectivity index (χ4n) is 3.38. The van der Waals surface area contributed by atoms with E-state index >= 15 is 0 Å². The number of fused-ring (bicyclic) bond motifs is 3. The standard InChI is InChI=1S/C19H19N5O/c1-24-15(18(20)25)10-12-6-5-7-13-11-21-19(23-16(13)17(12)24)22-14-8-3-2-4-9-14/h2-4,8-11H,5-7H2,1H3,(H2,20,25)(H,21,22,23). The first-order valence-corrected chi connectivity index (χ1v) is 8.30. The number of aromatic nitrogens is 3. The number of hydrogen-bond donors (Lipinski definition) is 2. The number of primary amides is 1. The van der Waals surface area contributed by atoms with Crippen LogP contribution >= 0.6 is 0 Å². The molecule has 0 fully saturated rings. The number of nitrogens with zero attached hydrogens (tertiary/aromatic N) is 3. The zero-order valence-electron chi connectivity index (χ0n) is 14.0. The first-order valence-electron chi connectivity index (χ1n) is 8.30. The van der Waals surface area contributed by atoms with Gasteiger partial charge in [-0.25, -0.2) is 9.97 Å². The third-order valence-electron chi connectivity index (χ3n) is 4.58. The second-order valence-corrected chi connectivity index (χ2v) is 6.24. The highest BCUT2D eigenvalue weighted by Crippen LogP contribution is 2.33. The van der Waals surface area contributed by atoms with Crippen LogP contribution < -0.4 is 11.1 Å². The molecule has 4 rings (SSSR count). The average Bonchev–Trinajstić information content (AvgIpc) is 2.82. The maximum atomic E-state index is 11.7. The Morgan fingerprint density at radius 2 is 1.96 bits per heavy atom. The third kappa shape index (κ3) is 2.76. The monoisotopic (exact) mass is 333 g/mol. The Kier molecular flexibility index (Phi) is 3.72. The zero-order chi connectivity index (χ0) is 17.4. The third-order valence-corrected chi connectivity index (χ3v) is 4.58. The van der Waals surface area contributed by atoms with Gasteiger partial charge >= 0.3 is 0 Å². The van der Waals surface area contributed by atoms with E-state index in [0.29, 0.717) is 11.6 Å². The second-order valence-electron chi connectivity index (χ2n) is 6.24. The van der Waals surface area contributed by atoms with Gasteiger partial charge in [0.15, 0.2) is 0 Å². The highest BCUT2D eigenvalue weighted by molar-refractivity contribution is 5.93. The Bertz CT molecular complexity index is 946. The van der Waals surface area contributed by atoms with Gasteiger partial charge in [0, 0.05) is 18.9 Å². The molecule has 0 aliphatic heterocycles. The molecule has 0 bridgehead atoms. The Hall–Kier alpha value is -3.15. The van der Waals surface area contributed by atoms with Crippen LogP contribution in [0.3, 0.4) is 0 Å². The molecule has 6 heteroatoms. The van der Waals surface area contributed by atoms with E-state index in [0.717, 1.165) is 47.5 Å². The fraction of sp³-hybridized carbons (Fsp3) is 0.211. The van der Waals surface area contributed by atoms with Crippen LogP contribution in [0.2, 0.25) is 0 Å². The van der Waals surface area contributed by atoms with Gasteiger partial charge in [0.25, 0.3) is 5.91 Å². The predicted molar refractivity (Wildman–Crippen MR) is 96.7 cm³/mol. The lowest BCUT2D eigenvalue weighted by Gasteiger charge is -2.12. The van der Waals surface area contributed by atoms with Crippen LogP contribution in [0.5, 0.6) is 0 Å². The summed E-state index contributed by atoms with van der Waals surface area (Å²) >= 11 is 0. The number of carbonyl (C=O) groups is 1. The summed E-state index contributed by atoms with van der Waals surface area (Å²) in [6.07, 6.45) is 4.69. The molecule has 0 saturated carbocycles. The molecule has 126 valence electrons. The van der Waals surface area contributed by atoms with Gasteiger partial charge in [-0.05, 0) is 48.6 Å². The topological polar surface area (TPSA) is 85.8 Å². The number of hydrogen-bond acceptors (Lipinski definition) is 4. The average molecular weight is 333 g/mol. The van der Waals surface area contributed by atoms with Crippen LogP contribution in [-0.2, 0) is 19.9 Å². The van der Waals surface area contributed by atoms with Gasteiger partial charge in [0.1, 0.15) is 5.69 Å². The summed E-state index contributed by atoms with van der Waals surface area (Å²) in [7, 11) is 1.86. The van der Waals surface area contributed by atoms with Crippen molar-refractivity contribution in [2.24, 2.45) is 12.8 Å². The van der Waals surface area contributed by atoms with Crippen molar-refractivity contribution in [2.75, 3.05) is 5.32 Å². The minimum Gasteiger partial charge on any atom is -0.364 e. The van der Waals surface area contributed by atoms with Gasteiger partial charge in [-0.15, -0.1) is 0 Å². The van der Waals surface area contributed by atoms with E-state index in [4.69, 9.17) is 10.7 Å². The number of anilines is 2. The maximum absolute atomic E-state index is 11.7. The molecule has 1 aliphatic rings. The van der Waals surface area contributed by atoms with Crippen molar-refractivity contribution in [3.63, 3.8) is 0 Å². The van der Waals surface area contributed by atoms with Gasteiger partial charge < -0.3 is 15.6 Å². The van der Waals surface area contributed by atoms with Crippen molar-refractivity contribution in [3.05, 3.63) is 59.4 Å². The number of amides is 1. The lowest BCUT2D eigenvalue weighted by molar-refractivity contribution is 0.0992. The van der Waals surface area contributed by atoms with Crippen LogP contribution in [0.1, 0.15) is 28.0 Å². The van der Waals surface area contributed by atoms with Crippen molar-refractivity contribution >= 4 is 17.5 Å². The molecule has 0 saturated heterocycles. The molecule has 6 nitrogen and oxygen atoms in total. The molecule has 0 radical (unpaired) electrons. The number of rotatable bonds is 3. The zero-order valence-corrected chi connectivity index (χ0v) is 14.0. The van der Waals surface area contributed by atoms with Crippen LogP contribution in [0.25, 0.3) is 11.4 Å². The normalized spacial score (nSPS) is 12.8. The second kappa shape index (κ2) is 6.05. The van der Waals surface area contributed by atoms with Crippen LogP contribution in [0.15, 0.2) is 42.6 Å². The van der Waals surface area contributed by atoms with E-state index in [1.54, 1.807) is 0 Å². The van der Waals surface area contributed by atoms with Crippen LogP contribution in [-0.4, -0.2) is 20.4 Å². The fourth-order valence-corrected chi connectivity index (χ4v) is 3.38. The molecular formula is C19H19N5O. The quantitative estimate of drug-likeness (QED) is 0.772. The number of aryl methyl sites for hydroxylation is 2. The molecular weight excluding hydrogens is 314 g/mol. The summed E-state index contributed by atoms with van der Waals surface area (Å²) in [5.74, 6) is 0.119. The maximum Gasteiger partial charge on any atom is 0.265 e. The molecule has 0 spiro atoms. The Morgan fingerprint density at radius 3 is 2.72 bits per heavy atom. The molecule has 2 aromatic heterocycles. The number of carbonyl (C=O) groups excluding carboxylic acids is 1. The molecule has 0 atom stereocenters. The summed E-state index contributed by atoms with van der Waals surface area (Å²) in [5, 5.41) is 3.23. The molecule has 1 aromatic carbocycles. The summed E-state index contributed by atoms with van der Waals surface area (Å²) in [6.45, 7) is 0. The largest absolute Gasteiger partial charge is 0.364 e. The molecule has 3 N–H and O–H groups in total. The summed E-state index contributed by atoms with van der Waals surface area (Å²) in [6, 6.07) is 11.7. The summed E-state index contributed by atoms with van der Waals surface area (Å²) in [4.78, 5) is 20.9. The molecule has 1 amide bonds. The van der Waals surface area contributed by atoms with Crippen molar-refractivity contribution in [3.8, 4) is 11.4 Å². The minimum absolute atomic E-state index is 0.422. The first kappa shape index (κ1) is 15.4. The lowest BCUT2D eigenvalue weighted by atomic mass is 10.1. The molecule has 2 heterocycles. The Morgan fingerprint density at radius 1 is 1.20 bits per heavy atom. The molecule has 3 aromatic rings. The molecule has 1 aliphatic carbocycles. The summed E-state index contributed by atoms with van der Waals surface area (Å²) < 4.78 is 1.85. The number of para-hydroxylation sites is 1. The SMILES string of the molecule is Cn1c(C(N)=O)cc2c1-c1nc(Nc3ccccc3)ncc1CCC2. The summed E-state index contributed by atoms with van der Waals surface area (Å²) in [5.41, 5.74) is 11.0. The van der Waals surface area contributed by atoms with E-state index < -0.39 is 5.91 Å². The number of nitrogens with one attached hydrogen (secondary N) is 1. The molecule has 25 heavy (non-hydrogen) atoms. The van der Waals surface area contributed by atoms with E-state index in [9.17, 15) is 4.79 Å².